The summed E-state index contributed by atoms with van der Waals surface area (Å²) in [4.78, 5) is 26.6. The fraction of sp³-hybridized carbons (Fsp3) is 0.125. The second-order valence-electron chi connectivity index (χ2n) is 4.69. The molecule has 2 N–H and O–H groups in total. The molecule has 0 saturated heterocycles. The minimum atomic E-state index is -0.211. The number of nitrogens with zero attached hydrogens (tertiary/aromatic N) is 1. The summed E-state index contributed by atoms with van der Waals surface area (Å²) in [6, 6.07) is 14.5. The van der Waals surface area contributed by atoms with Gasteiger partial charge in [-0.15, -0.1) is 11.8 Å². The van der Waals surface area contributed by atoms with Crippen LogP contribution in [0.2, 0.25) is 0 Å². The van der Waals surface area contributed by atoms with E-state index in [1.165, 1.54) is 4.90 Å². The second-order valence-corrected chi connectivity index (χ2v) is 5.83. The van der Waals surface area contributed by atoms with Crippen molar-refractivity contribution in [3.8, 4) is 0 Å². The molecule has 106 valence electrons. The molecule has 1 aliphatic heterocycles. The average molecular weight is 298 g/mol. The van der Waals surface area contributed by atoms with Gasteiger partial charge in [-0.1, -0.05) is 24.3 Å². The molecule has 0 atom stereocenters. The monoisotopic (exact) mass is 298 g/mol. The van der Waals surface area contributed by atoms with E-state index in [4.69, 9.17) is 5.73 Å². The van der Waals surface area contributed by atoms with Crippen molar-refractivity contribution in [2.45, 2.75) is 4.90 Å². The maximum atomic E-state index is 12.2. The predicted molar refractivity (Wildman–Crippen MR) is 83.4 cm³/mol. The molecule has 21 heavy (non-hydrogen) atoms. The zero-order valence-electron chi connectivity index (χ0n) is 11.3. The molecule has 1 heterocycles. The Morgan fingerprint density at radius 1 is 0.905 bits per heavy atom. The number of anilines is 1. The zero-order chi connectivity index (χ0) is 14.8. The molecule has 2 amide bonds. The molecule has 0 bridgehead atoms. The van der Waals surface area contributed by atoms with Gasteiger partial charge in [0, 0.05) is 22.9 Å². The highest BCUT2D eigenvalue weighted by Gasteiger charge is 2.34. The van der Waals surface area contributed by atoms with Crippen LogP contribution < -0.4 is 5.73 Å². The van der Waals surface area contributed by atoms with Crippen molar-refractivity contribution < 1.29 is 9.59 Å². The van der Waals surface area contributed by atoms with E-state index in [0.29, 0.717) is 29.1 Å². The number of hydrogen-bond donors (Lipinski definition) is 1. The Morgan fingerprint density at radius 3 is 2.10 bits per heavy atom. The van der Waals surface area contributed by atoms with Crippen LogP contribution in [0.4, 0.5) is 5.69 Å². The molecule has 0 spiro atoms. The maximum Gasteiger partial charge on any atom is 0.261 e. The Hall–Kier alpha value is -2.27. The van der Waals surface area contributed by atoms with Crippen LogP contribution in [0.15, 0.2) is 53.4 Å². The van der Waals surface area contributed by atoms with Gasteiger partial charge < -0.3 is 5.73 Å². The van der Waals surface area contributed by atoms with Crippen LogP contribution in [0, 0.1) is 0 Å². The molecule has 1 aliphatic rings. The summed E-state index contributed by atoms with van der Waals surface area (Å²) in [7, 11) is 0. The van der Waals surface area contributed by atoms with Gasteiger partial charge in [-0.3, -0.25) is 14.5 Å². The van der Waals surface area contributed by atoms with Gasteiger partial charge in [-0.05, 0) is 24.3 Å². The van der Waals surface area contributed by atoms with Crippen molar-refractivity contribution in [2.75, 3.05) is 18.0 Å². The lowest BCUT2D eigenvalue weighted by Gasteiger charge is -2.13. The van der Waals surface area contributed by atoms with Gasteiger partial charge in [-0.25, -0.2) is 0 Å². The number of fused-ring (bicyclic) bond motifs is 1. The molecule has 0 fully saturated rings. The number of hydrogen-bond acceptors (Lipinski definition) is 4. The van der Waals surface area contributed by atoms with Crippen LogP contribution in [0.5, 0.6) is 0 Å². The molecule has 2 aromatic rings. The smallest absolute Gasteiger partial charge is 0.261 e. The summed E-state index contributed by atoms with van der Waals surface area (Å²) < 4.78 is 0. The number of nitrogen functional groups attached to an aromatic ring is 1. The molecule has 0 aromatic heterocycles. The van der Waals surface area contributed by atoms with Crippen molar-refractivity contribution in [1.29, 1.82) is 0 Å². The highest BCUT2D eigenvalue weighted by molar-refractivity contribution is 7.99. The summed E-state index contributed by atoms with van der Waals surface area (Å²) in [5.74, 6) is 0.203. The van der Waals surface area contributed by atoms with E-state index < -0.39 is 0 Å². The van der Waals surface area contributed by atoms with Gasteiger partial charge in [0.25, 0.3) is 11.8 Å². The van der Waals surface area contributed by atoms with Crippen LogP contribution in [0.3, 0.4) is 0 Å². The van der Waals surface area contributed by atoms with Crippen molar-refractivity contribution in [1.82, 2.24) is 4.90 Å². The van der Waals surface area contributed by atoms with Crippen molar-refractivity contribution in [2.24, 2.45) is 0 Å². The normalized spacial score (nSPS) is 13.6. The topological polar surface area (TPSA) is 63.4 Å². The number of carbonyl (C=O) groups excluding carboxylic acids is 2. The SMILES string of the molecule is Nc1ccccc1SCCN1C(=O)c2ccccc2C1=O. The third-order valence-electron chi connectivity index (χ3n) is 3.37. The van der Waals surface area contributed by atoms with Crippen LogP contribution in [-0.2, 0) is 0 Å². The average Bonchev–Trinajstić information content (AvgIpc) is 2.74. The number of imide groups is 1. The van der Waals surface area contributed by atoms with Gasteiger partial charge in [0.2, 0.25) is 0 Å². The molecule has 3 rings (SSSR count). The molecule has 0 aliphatic carbocycles. The van der Waals surface area contributed by atoms with E-state index in [0.717, 1.165) is 4.90 Å². The Morgan fingerprint density at radius 2 is 1.48 bits per heavy atom. The lowest BCUT2D eigenvalue weighted by atomic mass is 10.1. The Labute approximate surface area is 126 Å². The quantitative estimate of drug-likeness (QED) is 0.535. The first-order chi connectivity index (χ1) is 10.2. The number of para-hydroxylation sites is 1. The van der Waals surface area contributed by atoms with Gasteiger partial charge >= 0.3 is 0 Å². The highest BCUT2D eigenvalue weighted by atomic mass is 32.2. The lowest BCUT2D eigenvalue weighted by molar-refractivity contribution is 0.0664. The number of benzene rings is 2. The molecular weight excluding hydrogens is 284 g/mol. The van der Waals surface area contributed by atoms with E-state index in [1.54, 1.807) is 36.0 Å². The zero-order valence-corrected chi connectivity index (χ0v) is 12.1. The summed E-state index contributed by atoms with van der Waals surface area (Å²) in [5, 5.41) is 0. The summed E-state index contributed by atoms with van der Waals surface area (Å²) in [6.07, 6.45) is 0. The van der Waals surface area contributed by atoms with E-state index in [2.05, 4.69) is 0 Å². The molecule has 0 saturated carbocycles. The van der Waals surface area contributed by atoms with E-state index in [1.807, 2.05) is 24.3 Å². The molecule has 4 nitrogen and oxygen atoms in total. The fourth-order valence-electron chi connectivity index (χ4n) is 2.30. The first kappa shape index (κ1) is 13.7. The third kappa shape index (κ3) is 2.52. The minimum Gasteiger partial charge on any atom is -0.398 e. The lowest BCUT2D eigenvalue weighted by Crippen LogP contribution is -2.31. The summed E-state index contributed by atoms with van der Waals surface area (Å²) in [6.45, 7) is 0.380. The van der Waals surface area contributed by atoms with Crippen molar-refractivity contribution in [3.63, 3.8) is 0 Å². The Balaban J connectivity index is 1.66. The maximum absolute atomic E-state index is 12.2. The van der Waals surface area contributed by atoms with Crippen LogP contribution in [0.1, 0.15) is 20.7 Å². The van der Waals surface area contributed by atoms with Crippen molar-refractivity contribution >= 4 is 29.3 Å². The fourth-order valence-corrected chi connectivity index (χ4v) is 3.20. The van der Waals surface area contributed by atoms with Crippen LogP contribution >= 0.6 is 11.8 Å². The molecule has 0 unspecified atom stereocenters. The van der Waals surface area contributed by atoms with Crippen LogP contribution in [0.25, 0.3) is 0 Å². The standard InChI is InChI=1S/C16H14N2O2S/c17-13-7-3-4-8-14(13)21-10-9-18-15(19)11-5-1-2-6-12(11)16(18)20/h1-8H,9-10,17H2. The van der Waals surface area contributed by atoms with Crippen molar-refractivity contribution in [3.05, 3.63) is 59.7 Å². The number of rotatable bonds is 4. The number of nitrogens with two attached hydrogens (primary N) is 1. The first-order valence-electron chi connectivity index (χ1n) is 6.61. The largest absolute Gasteiger partial charge is 0.398 e. The Kier molecular flexibility index (Phi) is 3.66. The second kappa shape index (κ2) is 5.61. The summed E-state index contributed by atoms with van der Waals surface area (Å²) >= 11 is 1.55. The first-order valence-corrected chi connectivity index (χ1v) is 7.59. The Bertz CT molecular complexity index is 680. The van der Waals surface area contributed by atoms with Gasteiger partial charge in [0.1, 0.15) is 0 Å². The highest BCUT2D eigenvalue weighted by Crippen LogP contribution is 2.26. The molecule has 0 radical (unpaired) electrons. The molecular formula is C16H14N2O2S. The molecule has 5 heteroatoms. The van der Waals surface area contributed by atoms with E-state index >= 15 is 0 Å². The predicted octanol–water partition coefficient (Wildman–Crippen LogP) is 2.66. The summed E-state index contributed by atoms with van der Waals surface area (Å²) in [5.41, 5.74) is 7.57. The number of carbonyl (C=O) groups is 2. The third-order valence-corrected chi connectivity index (χ3v) is 4.44. The number of thioether (sulfide) groups is 1. The van der Waals surface area contributed by atoms with Crippen LogP contribution in [-0.4, -0.2) is 29.0 Å². The van der Waals surface area contributed by atoms with E-state index in [9.17, 15) is 9.59 Å². The van der Waals surface area contributed by atoms with Gasteiger partial charge in [0.15, 0.2) is 0 Å². The minimum absolute atomic E-state index is 0.211. The van der Waals surface area contributed by atoms with Gasteiger partial charge in [-0.2, -0.15) is 0 Å². The van der Waals surface area contributed by atoms with Gasteiger partial charge in [0.05, 0.1) is 11.1 Å². The van der Waals surface area contributed by atoms with E-state index in [-0.39, 0.29) is 11.8 Å². The molecule has 2 aromatic carbocycles. The number of amides is 2.